The zero-order valence-corrected chi connectivity index (χ0v) is 11.5. The summed E-state index contributed by atoms with van der Waals surface area (Å²) in [5, 5.41) is 11.8. The number of nitrogens with one attached hydrogen (secondary N) is 1. The lowest BCUT2D eigenvalue weighted by atomic mass is 10.2. The lowest BCUT2D eigenvalue weighted by molar-refractivity contribution is 0.102. The number of hydrogen-bond acceptors (Lipinski definition) is 3. The first-order valence-corrected chi connectivity index (χ1v) is 6.24. The number of aliphatic hydroxyl groups is 1. The monoisotopic (exact) mass is 289 g/mol. The van der Waals surface area contributed by atoms with Gasteiger partial charge in [0.1, 0.15) is 12.4 Å². The van der Waals surface area contributed by atoms with Crippen molar-refractivity contribution in [3.05, 3.63) is 52.4 Å². The molecular weight excluding hydrogens is 278 g/mol. The van der Waals surface area contributed by atoms with E-state index in [0.29, 0.717) is 27.6 Å². The fourth-order valence-electron chi connectivity index (χ4n) is 1.65. The summed E-state index contributed by atoms with van der Waals surface area (Å²) in [4.78, 5) is 12.1. The zero-order chi connectivity index (χ0) is 14.5. The number of aliphatic hydroxyl groups excluding tert-OH is 1. The predicted molar refractivity (Wildman–Crippen MR) is 76.8 cm³/mol. The second-order valence-electron chi connectivity index (χ2n) is 4.00. The highest BCUT2D eigenvalue weighted by atomic mass is 35.5. The standard InChI is InChI=1S/C15H12ClNO3/c1-10-12(6-8-20-10)15(19)17-14-9-11(3-2-7-18)4-5-13(14)16/h4-6,8-9,18H,7H2,1H3,(H,17,19). The van der Waals surface area contributed by atoms with E-state index in [1.807, 2.05) is 0 Å². The van der Waals surface area contributed by atoms with Crippen molar-refractivity contribution in [3.63, 3.8) is 0 Å². The van der Waals surface area contributed by atoms with Crippen LogP contribution >= 0.6 is 11.6 Å². The molecule has 0 fully saturated rings. The van der Waals surface area contributed by atoms with Gasteiger partial charge < -0.3 is 14.8 Å². The Balaban J connectivity index is 2.25. The molecule has 2 rings (SSSR count). The molecule has 0 atom stereocenters. The van der Waals surface area contributed by atoms with E-state index in [-0.39, 0.29) is 12.5 Å². The van der Waals surface area contributed by atoms with E-state index in [9.17, 15) is 4.79 Å². The van der Waals surface area contributed by atoms with Crippen molar-refractivity contribution >= 4 is 23.2 Å². The number of aryl methyl sites for hydroxylation is 1. The van der Waals surface area contributed by atoms with Gasteiger partial charge >= 0.3 is 0 Å². The maximum absolute atomic E-state index is 12.1. The smallest absolute Gasteiger partial charge is 0.259 e. The zero-order valence-electron chi connectivity index (χ0n) is 10.7. The van der Waals surface area contributed by atoms with Gasteiger partial charge in [0.25, 0.3) is 5.91 Å². The highest BCUT2D eigenvalue weighted by Gasteiger charge is 2.13. The minimum atomic E-state index is -0.301. The molecule has 2 aromatic rings. The number of carbonyl (C=O) groups is 1. The Morgan fingerprint density at radius 2 is 2.25 bits per heavy atom. The van der Waals surface area contributed by atoms with Gasteiger partial charge in [0.05, 0.1) is 22.5 Å². The lowest BCUT2D eigenvalue weighted by Crippen LogP contribution is -2.12. The van der Waals surface area contributed by atoms with Crippen LogP contribution in [0.15, 0.2) is 34.9 Å². The largest absolute Gasteiger partial charge is 0.469 e. The number of halogens is 1. The first kappa shape index (κ1) is 14.2. The number of furan rings is 1. The van der Waals surface area contributed by atoms with Crippen LogP contribution in [0.5, 0.6) is 0 Å². The van der Waals surface area contributed by atoms with Crippen LogP contribution in [-0.2, 0) is 0 Å². The van der Waals surface area contributed by atoms with Crippen molar-refractivity contribution in [1.29, 1.82) is 0 Å². The molecule has 2 N–H and O–H groups in total. The number of benzene rings is 1. The average molecular weight is 290 g/mol. The van der Waals surface area contributed by atoms with Crippen LogP contribution in [0.4, 0.5) is 5.69 Å². The van der Waals surface area contributed by atoms with E-state index in [1.54, 1.807) is 31.2 Å². The first-order valence-electron chi connectivity index (χ1n) is 5.86. The number of hydrogen-bond donors (Lipinski definition) is 2. The summed E-state index contributed by atoms with van der Waals surface area (Å²) in [6, 6.07) is 6.59. The third-order valence-corrected chi connectivity index (χ3v) is 2.96. The van der Waals surface area contributed by atoms with Gasteiger partial charge in [-0.25, -0.2) is 0 Å². The normalized spacial score (nSPS) is 9.75. The van der Waals surface area contributed by atoms with E-state index in [2.05, 4.69) is 17.2 Å². The van der Waals surface area contributed by atoms with Crippen molar-refractivity contribution in [3.8, 4) is 11.8 Å². The molecule has 102 valence electrons. The molecule has 0 aliphatic carbocycles. The number of rotatable bonds is 2. The van der Waals surface area contributed by atoms with Crippen LogP contribution in [0.1, 0.15) is 21.7 Å². The van der Waals surface area contributed by atoms with Gasteiger partial charge in [-0.1, -0.05) is 23.4 Å². The van der Waals surface area contributed by atoms with Gasteiger partial charge in [-0.15, -0.1) is 0 Å². The Labute approximate surface area is 121 Å². The van der Waals surface area contributed by atoms with E-state index >= 15 is 0 Å². The fraction of sp³-hybridized carbons (Fsp3) is 0.133. The Hall–Kier alpha value is -2.22. The summed E-state index contributed by atoms with van der Waals surface area (Å²) in [7, 11) is 0. The van der Waals surface area contributed by atoms with Gasteiger partial charge in [0.2, 0.25) is 0 Å². The molecule has 4 nitrogen and oxygen atoms in total. The summed E-state index contributed by atoms with van der Waals surface area (Å²) in [6.07, 6.45) is 1.45. The molecule has 0 spiro atoms. The highest BCUT2D eigenvalue weighted by molar-refractivity contribution is 6.34. The Kier molecular flexibility index (Phi) is 4.46. The fourth-order valence-corrected chi connectivity index (χ4v) is 1.82. The van der Waals surface area contributed by atoms with E-state index in [1.165, 1.54) is 6.26 Å². The molecule has 1 aromatic carbocycles. The highest BCUT2D eigenvalue weighted by Crippen LogP contribution is 2.24. The topological polar surface area (TPSA) is 62.5 Å². The predicted octanol–water partition coefficient (Wildman–Crippen LogP) is 2.84. The molecule has 0 bridgehead atoms. The van der Waals surface area contributed by atoms with Crippen molar-refractivity contribution in [2.24, 2.45) is 0 Å². The average Bonchev–Trinajstić information content (AvgIpc) is 2.86. The van der Waals surface area contributed by atoms with Gasteiger partial charge in [-0.3, -0.25) is 4.79 Å². The summed E-state index contributed by atoms with van der Waals surface area (Å²) in [5.41, 5.74) is 1.57. The minimum absolute atomic E-state index is 0.224. The Bertz CT molecular complexity index is 695. The molecule has 0 saturated heterocycles. The van der Waals surface area contributed by atoms with E-state index in [0.717, 1.165) is 0 Å². The summed E-state index contributed by atoms with van der Waals surface area (Å²) >= 11 is 6.04. The van der Waals surface area contributed by atoms with Crippen LogP contribution in [0.3, 0.4) is 0 Å². The van der Waals surface area contributed by atoms with Gasteiger partial charge in [-0.2, -0.15) is 0 Å². The second kappa shape index (κ2) is 6.29. The maximum atomic E-state index is 12.1. The van der Waals surface area contributed by atoms with Gasteiger partial charge in [0.15, 0.2) is 0 Å². The molecule has 20 heavy (non-hydrogen) atoms. The molecule has 0 saturated carbocycles. The van der Waals surface area contributed by atoms with Crippen LogP contribution in [0.2, 0.25) is 5.02 Å². The van der Waals surface area contributed by atoms with E-state index in [4.69, 9.17) is 21.1 Å². The van der Waals surface area contributed by atoms with Gasteiger partial charge in [-0.05, 0) is 31.2 Å². The SMILES string of the molecule is Cc1occc1C(=O)Nc1cc(C#CCO)ccc1Cl. The quantitative estimate of drug-likeness (QED) is 0.836. The first-order chi connectivity index (χ1) is 9.61. The van der Waals surface area contributed by atoms with Crippen LogP contribution in [0, 0.1) is 18.8 Å². The molecule has 5 heteroatoms. The number of carbonyl (C=O) groups excluding carboxylic acids is 1. The number of anilines is 1. The van der Waals surface area contributed by atoms with Crippen molar-refractivity contribution in [1.82, 2.24) is 0 Å². The molecule has 0 unspecified atom stereocenters. The molecular formula is C15H12ClNO3. The molecule has 1 heterocycles. The Morgan fingerprint density at radius 3 is 2.90 bits per heavy atom. The Morgan fingerprint density at radius 1 is 1.45 bits per heavy atom. The second-order valence-corrected chi connectivity index (χ2v) is 4.41. The minimum Gasteiger partial charge on any atom is -0.469 e. The van der Waals surface area contributed by atoms with Crippen molar-refractivity contribution < 1.29 is 14.3 Å². The van der Waals surface area contributed by atoms with Crippen LogP contribution in [-0.4, -0.2) is 17.6 Å². The molecule has 0 aliphatic heterocycles. The third kappa shape index (κ3) is 3.21. The van der Waals surface area contributed by atoms with Crippen LogP contribution < -0.4 is 5.32 Å². The van der Waals surface area contributed by atoms with Crippen molar-refractivity contribution in [2.45, 2.75) is 6.92 Å². The molecule has 0 aliphatic rings. The molecule has 1 amide bonds. The van der Waals surface area contributed by atoms with Gasteiger partial charge in [0, 0.05) is 5.56 Å². The molecule has 1 aromatic heterocycles. The van der Waals surface area contributed by atoms with Crippen molar-refractivity contribution in [2.75, 3.05) is 11.9 Å². The lowest BCUT2D eigenvalue weighted by Gasteiger charge is -2.07. The molecule has 0 radical (unpaired) electrons. The summed E-state index contributed by atoms with van der Waals surface area (Å²) in [6.45, 7) is 1.48. The third-order valence-electron chi connectivity index (χ3n) is 2.63. The maximum Gasteiger partial charge on any atom is 0.259 e. The number of amides is 1. The summed E-state index contributed by atoms with van der Waals surface area (Å²) in [5.74, 6) is 5.53. The summed E-state index contributed by atoms with van der Waals surface area (Å²) < 4.78 is 5.09. The van der Waals surface area contributed by atoms with Crippen LogP contribution in [0.25, 0.3) is 0 Å². The van der Waals surface area contributed by atoms with E-state index < -0.39 is 0 Å².